The van der Waals surface area contributed by atoms with E-state index in [9.17, 15) is 0 Å². The molecule has 2 aliphatic heterocycles. The van der Waals surface area contributed by atoms with E-state index in [1.54, 1.807) is 0 Å². The number of halogens is 2. The Balaban J connectivity index is 0.000000739. The zero-order valence-corrected chi connectivity index (χ0v) is 24.1. The molecule has 0 aromatic heterocycles. The summed E-state index contributed by atoms with van der Waals surface area (Å²) in [6, 6.07) is 0. The van der Waals surface area contributed by atoms with E-state index in [0.29, 0.717) is 10.8 Å². The predicted octanol–water partition coefficient (Wildman–Crippen LogP) is 8.87. The second-order valence-electron chi connectivity index (χ2n) is 10.0. The molecule has 0 saturated heterocycles. The van der Waals surface area contributed by atoms with Crippen LogP contribution in [0.1, 0.15) is 53.9 Å². The third kappa shape index (κ3) is 5.34. The van der Waals surface area contributed by atoms with Crippen molar-refractivity contribution in [3.63, 3.8) is 0 Å². The second kappa shape index (κ2) is 11.0. The molecule has 6 atom stereocenters. The third-order valence-electron chi connectivity index (χ3n) is 7.55. The van der Waals surface area contributed by atoms with Gasteiger partial charge < -0.3 is 14.9 Å². The summed E-state index contributed by atoms with van der Waals surface area (Å²) in [5, 5.41) is 6.48. The van der Waals surface area contributed by atoms with Crippen molar-refractivity contribution in [3.8, 4) is 0 Å². The summed E-state index contributed by atoms with van der Waals surface area (Å²) in [4.78, 5) is 0. The molecule has 0 nitrogen and oxygen atoms in total. The molecule has 160 valence electrons. The van der Waals surface area contributed by atoms with E-state index in [1.165, 1.54) is 19.3 Å². The molecule has 6 unspecified atom stereocenters. The Morgan fingerprint density at radius 2 is 1.25 bits per heavy atom. The van der Waals surface area contributed by atoms with E-state index in [4.69, 9.17) is 17.0 Å². The summed E-state index contributed by atoms with van der Waals surface area (Å²) in [5.74, 6) is 4.31. The van der Waals surface area contributed by atoms with Crippen molar-refractivity contribution < 1.29 is 20.8 Å². The first-order valence-corrected chi connectivity index (χ1v) is 18.0. The summed E-state index contributed by atoms with van der Waals surface area (Å²) in [6.45, 7) is 12.6. The average molecular weight is 541 g/mol. The van der Waals surface area contributed by atoms with Gasteiger partial charge in [0.1, 0.15) is 0 Å². The number of allylic oxidation sites excluding steroid dienone is 2. The zero-order valence-electron chi connectivity index (χ0n) is 18.5. The molecule has 2 saturated carbocycles. The molecule has 2 fully saturated rings. The fourth-order valence-electron chi connectivity index (χ4n) is 5.95. The van der Waals surface area contributed by atoms with Crippen LogP contribution in [0.3, 0.4) is 0 Å². The third-order valence-corrected chi connectivity index (χ3v) is 10.0. The Hall–Kier alpha value is 1.64. The molecule has 0 aromatic rings. The Morgan fingerprint density at radius 1 is 0.821 bits per heavy atom. The zero-order chi connectivity index (χ0) is 19.1. The van der Waals surface area contributed by atoms with Crippen molar-refractivity contribution in [3.05, 3.63) is 37.8 Å². The van der Waals surface area contributed by atoms with Gasteiger partial charge in [-0.1, -0.05) is 46.8 Å². The molecule has 0 aromatic carbocycles. The topological polar surface area (TPSA) is 0 Å². The van der Waals surface area contributed by atoms with Gasteiger partial charge in [-0.25, -0.2) is 0 Å². The summed E-state index contributed by atoms with van der Waals surface area (Å²) in [7, 11) is 9.87. The fourth-order valence-corrected chi connectivity index (χ4v) is 9.24. The molecular weight excluding hydrogens is 503 g/mol. The maximum atomic E-state index is 4.93. The van der Waals surface area contributed by atoms with Gasteiger partial charge in [0.15, 0.2) is 0 Å². The number of hydrogen-bond donors (Lipinski definition) is 0. The van der Waals surface area contributed by atoms with E-state index in [-0.39, 0.29) is 14.9 Å². The quantitative estimate of drug-likeness (QED) is 0.321. The van der Waals surface area contributed by atoms with Gasteiger partial charge in [0.2, 0.25) is 0 Å². The van der Waals surface area contributed by atoms with E-state index >= 15 is 0 Å². The molecule has 0 bridgehead atoms. The Bertz CT molecular complexity index is 529. The first-order valence-electron chi connectivity index (χ1n) is 9.82. The number of rotatable bonds is 2. The van der Waals surface area contributed by atoms with Gasteiger partial charge in [-0.05, 0) is 70.5 Å². The number of hydrogen-bond acceptors (Lipinski definition) is 2. The summed E-state index contributed by atoms with van der Waals surface area (Å²) < 4.78 is 0. The van der Waals surface area contributed by atoms with Crippen molar-refractivity contribution in [2.24, 2.45) is 40.4 Å². The molecule has 2 aliphatic carbocycles. The summed E-state index contributed by atoms with van der Waals surface area (Å²) >= 11 is 3.46. The van der Waals surface area contributed by atoms with Gasteiger partial charge in [0.05, 0.1) is 0 Å². The molecule has 2 heterocycles. The standard InChI is InChI=1S/C21H32S2.2CH3.2ClH.Zr/c1-20(2,3)13-6-7-14(12-13)21(4,5)17-18-15(8-10-22-18)16-9-11-23-19(16)17;;;;;/h8-11,13-19H,6-7,12H2,1-5H3;2*1H3;2*1H;/q;2*-1;;;+4/p-2. The van der Waals surface area contributed by atoms with Crippen LogP contribution >= 0.6 is 40.5 Å². The maximum absolute atomic E-state index is 4.93. The van der Waals surface area contributed by atoms with Gasteiger partial charge in [0.25, 0.3) is 0 Å². The van der Waals surface area contributed by atoms with Crippen LogP contribution in [0.4, 0.5) is 0 Å². The van der Waals surface area contributed by atoms with Crippen LogP contribution in [0.2, 0.25) is 0 Å². The molecule has 4 aliphatic rings. The minimum absolute atomic E-state index is 0. The van der Waals surface area contributed by atoms with Crippen molar-refractivity contribution in [1.29, 1.82) is 0 Å². The Morgan fingerprint density at radius 3 is 1.64 bits per heavy atom. The molecular formula is C23H38Cl2S2Zr. The van der Waals surface area contributed by atoms with Crippen molar-refractivity contribution in [2.45, 2.75) is 64.4 Å². The average Bonchev–Trinajstić information content (AvgIpc) is 3.29. The van der Waals surface area contributed by atoms with E-state index in [0.717, 1.165) is 40.1 Å². The number of thioether (sulfide) groups is 2. The summed E-state index contributed by atoms with van der Waals surface area (Å²) in [6.07, 6.45) is 9.40. The van der Waals surface area contributed by atoms with Gasteiger partial charge >= 0.3 is 37.9 Å². The SMILES string of the molecule is CC(C)(C)C1CCC(C(C)(C)C2C3SC=CC3C3C=CSC32)C1.[CH3-].[CH3-].[Cl][Zr+2][Cl]. The minimum atomic E-state index is -0.826. The normalized spacial score (nSPS) is 37.9. The monoisotopic (exact) mass is 538 g/mol. The fraction of sp³-hybridized carbons (Fsp3) is 0.739. The first kappa shape index (κ1) is 27.7. The van der Waals surface area contributed by atoms with Crippen LogP contribution in [-0.4, -0.2) is 10.5 Å². The van der Waals surface area contributed by atoms with Crippen LogP contribution in [0.5, 0.6) is 0 Å². The molecule has 0 amide bonds. The van der Waals surface area contributed by atoms with Crippen LogP contribution in [0.15, 0.2) is 23.0 Å². The molecule has 0 N–H and O–H groups in total. The second-order valence-corrected chi connectivity index (χ2v) is 15.9. The van der Waals surface area contributed by atoms with E-state index in [1.807, 2.05) is 0 Å². The summed E-state index contributed by atoms with van der Waals surface area (Å²) in [5.41, 5.74) is 0.958. The number of fused-ring (bicyclic) bond motifs is 3. The van der Waals surface area contributed by atoms with Gasteiger partial charge in [0, 0.05) is 10.5 Å². The van der Waals surface area contributed by atoms with E-state index < -0.39 is 20.8 Å². The molecule has 0 radical (unpaired) electrons. The molecule has 4 rings (SSSR count). The van der Waals surface area contributed by atoms with Crippen molar-refractivity contribution in [1.82, 2.24) is 0 Å². The predicted molar refractivity (Wildman–Crippen MR) is 130 cm³/mol. The van der Waals surface area contributed by atoms with Crippen LogP contribution in [-0.2, 0) is 20.8 Å². The molecule has 28 heavy (non-hydrogen) atoms. The van der Waals surface area contributed by atoms with E-state index in [2.05, 4.69) is 81.1 Å². The van der Waals surface area contributed by atoms with Crippen molar-refractivity contribution in [2.75, 3.05) is 0 Å². The first-order chi connectivity index (χ1) is 12.2. The van der Waals surface area contributed by atoms with Crippen LogP contribution in [0, 0.1) is 55.3 Å². The van der Waals surface area contributed by atoms with Gasteiger partial charge in [-0.3, -0.25) is 0 Å². The Labute approximate surface area is 202 Å². The van der Waals surface area contributed by atoms with Crippen LogP contribution < -0.4 is 0 Å². The molecule has 0 spiro atoms. The van der Waals surface area contributed by atoms with Crippen molar-refractivity contribution >= 4 is 40.5 Å². The van der Waals surface area contributed by atoms with Gasteiger partial charge in [-0.15, -0.1) is 23.5 Å². The Kier molecular flexibility index (Phi) is 10.9. The molecule has 5 heteroatoms. The van der Waals surface area contributed by atoms with Gasteiger partial charge in [-0.2, -0.15) is 0 Å². The van der Waals surface area contributed by atoms with Crippen LogP contribution in [0.25, 0.3) is 0 Å².